The van der Waals surface area contributed by atoms with Crippen LogP contribution in [0.4, 0.5) is 8.78 Å². The lowest BCUT2D eigenvalue weighted by molar-refractivity contribution is -0.123. The summed E-state index contributed by atoms with van der Waals surface area (Å²) in [5.74, 6) is 0.924. The molecule has 2 aromatic rings. The second kappa shape index (κ2) is 10.4. The Morgan fingerprint density at radius 3 is 2.79 bits per heavy atom. The average molecular weight is 416 g/mol. The zero-order valence-electron chi connectivity index (χ0n) is 15.5. The molecule has 7 nitrogen and oxygen atoms in total. The maximum Gasteiger partial charge on any atom is 0.387 e. The summed E-state index contributed by atoms with van der Waals surface area (Å²) >= 11 is 0. The van der Waals surface area contributed by atoms with Gasteiger partial charge in [-0.05, 0) is 17.7 Å². The molecule has 154 valence electrons. The number of hydrogen-bond donors (Lipinski definition) is 2. The summed E-state index contributed by atoms with van der Waals surface area (Å²) in [5, 5.41) is 6.21. The molecule has 1 aliphatic heterocycles. The number of amides is 1. The molecule has 1 amide bonds. The molecular weight excluding hydrogens is 392 g/mol. The molecule has 1 fully saturated rings. The van der Waals surface area contributed by atoms with E-state index in [0.29, 0.717) is 6.54 Å². The predicted octanol–water partition coefficient (Wildman–Crippen LogP) is 1.71. The van der Waals surface area contributed by atoms with E-state index < -0.39 is 6.61 Å². The quantitative estimate of drug-likeness (QED) is 0.720. The number of piperazine rings is 1. The lowest BCUT2D eigenvalue weighted by Gasteiger charge is -2.35. The Morgan fingerprint density at radius 1 is 1.39 bits per heavy atom. The van der Waals surface area contributed by atoms with Gasteiger partial charge in [0.15, 0.2) is 0 Å². The fourth-order valence-electron chi connectivity index (χ4n) is 3.12. The van der Waals surface area contributed by atoms with Crippen molar-refractivity contribution in [3.63, 3.8) is 0 Å². The summed E-state index contributed by atoms with van der Waals surface area (Å²) in [5.41, 5.74) is 0.811. The van der Waals surface area contributed by atoms with Crippen molar-refractivity contribution in [2.45, 2.75) is 19.2 Å². The first-order valence-corrected chi connectivity index (χ1v) is 8.75. The van der Waals surface area contributed by atoms with Gasteiger partial charge in [-0.1, -0.05) is 12.1 Å². The standard InChI is InChI=1S/C18H23F2N5O2.ClH/c1-24-8-7-22-17(24)15-11-21-6-9-25(15)12-16(26)23-10-13-2-4-14(5-3-13)27-18(19)20;/h2-5,7-8,15,18,21H,6,9-12H2,1H3,(H,23,26);1H. The number of hydrogen-bond acceptors (Lipinski definition) is 5. The third-order valence-corrected chi connectivity index (χ3v) is 4.50. The Balaban J connectivity index is 0.00000280. The summed E-state index contributed by atoms with van der Waals surface area (Å²) in [7, 11) is 1.94. The first-order chi connectivity index (χ1) is 13.0. The van der Waals surface area contributed by atoms with Crippen LogP contribution in [0.2, 0.25) is 0 Å². The van der Waals surface area contributed by atoms with Gasteiger partial charge in [0.2, 0.25) is 5.91 Å². The lowest BCUT2D eigenvalue weighted by Crippen LogP contribution is -2.50. The van der Waals surface area contributed by atoms with E-state index in [9.17, 15) is 13.6 Å². The number of rotatable bonds is 7. The minimum absolute atomic E-state index is 0. The molecule has 0 bridgehead atoms. The number of imidazole rings is 1. The zero-order valence-corrected chi connectivity index (χ0v) is 16.3. The Kier molecular flexibility index (Phi) is 8.16. The van der Waals surface area contributed by atoms with Crippen LogP contribution in [0.25, 0.3) is 0 Å². The van der Waals surface area contributed by atoms with Crippen LogP contribution in [0.15, 0.2) is 36.7 Å². The van der Waals surface area contributed by atoms with Crippen molar-refractivity contribution in [2.75, 3.05) is 26.2 Å². The normalized spacial score (nSPS) is 17.2. The van der Waals surface area contributed by atoms with E-state index in [0.717, 1.165) is 31.0 Å². The summed E-state index contributed by atoms with van der Waals surface area (Å²) in [4.78, 5) is 18.9. The van der Waals surface area contributed by atoms with Gasteiger partial charge in [0, 0.05) is 45.6 Å². The van der Waals surface area contributed by atoms with Crippen LogP contribution >= 0.6 is 12.4 Å². The van der Waals surface area contributed by atoms with Crippen molar-refractivity contribution in [3.8, 4) is 5.75 Å². The highest BCUT2D eigenvalue weighted by molar-refractivity contribution is 5.85. The van der Waals surface area contributed by atoms with Gasteiger partial charge in [0.05, 0.1) is 12.6 Å². The molecular formula is C18H24ClF2N5O2. The SMILES string of the molecule is Cl.Cn1ccnc1C1CNCCN1CC(=O)NCc1ccc(OC(F)F)cc1. The number of nitrogens with one attached hydrogen (secondary N) is 2. The molecule has 1 aromatic heterocycles. The molecule has 1 unspecified atom stereocenters. The van der Waals surface area contributed by atoms with Crippen molar-refractivity contribution in [2.24, 2.45) is 7.05 Å². The van der Waals surface area contributed by atoms with Gasteiger partial charge in [0.25, 0.3) is 0 Å². The fraction of sp³-hybridized carbons (Fsp3) is 0.444. The van der Waals surface area contributed by atoms with Crippen molar-refractivity contribution >= 4 is 18.3 Å². The molecule has 0 saturated carbocycles. The number of alkyl halides is 2. The molecule has 3 rings (SSSR count). The minimum atomic E-state index is -2.85. The van der Waals surface area contributed by atoms with Crippen molar-refractivity contribution < 1.29 is 18.3 Å². The third kappa shape index (κ3) is 5.88. The molecule has 0 aliphatic carbocycles. The monoisotopic (exact) mass is 415 g/mol. The number of aryl methyl sites for hydroxylation is 1. The summed E-state index contributed by atoms with van der Waals surface area (Å²) < 4.78 is 30.6. The van der Waals surface area contributed by atoms with Gasteiger partial charge >= 0.3 is 6.61 Å². The summed E-state index contributed by atoms with van der Waals surface area (Å²) in [6.45, 7) is 0.0635. The molecule has 10 heteroatoms. The highest BCUT2D eigenvalue weighted by atomic mass is 35.5. The fourth-order valence-corrected chi connectivity index (χ4v) is 3.12. The van der Waals surface area contributed by atoms with Gasteiger partial charge in [-0.2, -0.15) is 8.78 Å². The lowest BCUT2D eigenvalue weighted by atomic mass is 10.1. The largest absolute Gasteiger partial charge is 0.435 e. The van der Waals surface area contributed by atoms with Crippen LogP contribution in [0.5, 0.6) is 5.75 Å². The number of aromatic nitrogens is 2. The second-order valence-electron chi connectivity index (χ2n) is 6.39. The molecule has 2 N–H and O–H groups in total. The van der Waals surface area contributed by atoms with Gasteiger partial charge in [-0.3, -0.25) is 9.69 Å². The van der Waals surface area contributed by atoms with E-state index in [1.807, 2.05) is 17.8 Å². The van der Waals surface area contributed by atoms with E-state index in [1.165, 1.54) is 12.1 Å². The molecule has 1 aromatic carbocycles. The van der Waals surface area contributed by atoms with E-state index in [-0.39, 0.29) is 36.7 Å². The van der Waals surface area contributed by atoms with Crippen molar-refractivity contribution in [3.05, 3.63) is 48.0 Å². The molecule has 1 aliphatic rings. The highest BCUT2D eigenvalue weighted by Crippen LogP contribution is 2.20. The number of halogens is 3. The number of carbonyl (C=O) groups excluding carboxylic acids is 1. The molecule has 1 saturated heterocycles. The second-order valence-corrected chi connectivity index (χ2v) is 6.39. The average Bonchev–Trinajstić information content (AvgIpc) is 3.07. The Bertz CT molecular complexity index is 757. The van der Waals surface area contributed by atoms with Crippen LogP contribution in [0.3, 0.4) is 0 Å². The van der Waals surface area contributed by atoms with Gasteiger partial charge in [-0.15, -0.1) is 12.4 Å². The molecule has 0 radical (unpaired) electrons. The topological polar surface area (TPSA) is 71.4 Å². The summed E-state index contributed by atoms with van der Waals surface area (Å²) in [6.07, 6.45) is 3.65. The zero-order chi connectivity index (χ0) is 19.2. The number of carbonyl (C=O) groups is 1. The number of nitrogens with zero attached hydrogens (tertiary/aromatic N) is 3. The van der Waals surface area contributed by atoms with Crippen LogP contribution in [0, 0.1) is 0 Å². The maximum absolute atomic E-state index is 12.4. The summed E-state index contributed by atoms with van der Waals surface area (Å²) in [6, 6.07) is 6.26. The van der Waals surface area contributed by atoms with Gasteiger partial charge < -0.3 is 19.9 Å². The Labute approximate surface area is 168 Å². The van der Waals surface area contributed by atoms with Crippen molar-refractivity contribution in [1.29, 1.82) is 0 Å². The molecule has 1 atom stereocenters. The van der Waals surface area contributed by atoms with E-state index in [4.69, 9.17) is 0 Å². The van der Waals surface area contributed by atoms with E-state index in [2.05, 4.69) is 25.3 Å². The first-order valence-electron chi connectivity index (χ1n) is 8.75. The van der Waals surface area contributed by atoms with Crippen LogP contribution in [0.1, 0.15) is 17.4 Å². The Hall–Kier alpha value is -2.23. The highest BCUT2D eigenvalue weighted by Gasteiger charge is 2.28. The molecule has 2 heterocycles. The number of ether oxygens (including phenoxy) is 1. The molecule has 28 heavy (non-hydrogen) atoms. The van der Waals surface area contributed by atoms with Crippen LogP contribution in [-0.2, 0) is 18.4 Å². The van der Waals surface area contributed by atoms with Gasteiger partial charge in [-0.25, -0.2) is 4.98 Å². The van der Waals surface area contributed by atoms with Crippen LogP contribution < -0.4 is 15.4 Å². The third-order valence-electron chi connectivity index (χ3n) is 4.50. The first kappa shape index (κ1) is 22.1. The number of benzene rings is 1. The minimum Gasteiger partial charge on any atom is -0.435 e. The van der Waals surface area contributed by atoms with Gasteiger partial charge in [0.1, 0.15) is 11.6 Å². The van der Waals surface area contributed by atoms with E-state index >= 15 is 0 Å². The maximum atomic E-state index is 12.4. The van der Waals surface area contributed by atoms with E-state index in [1.54, 1.807) is 18.3 Å². The van der Waals surface area contributed by atoms with Crippen LogP contribution in [-0.4, -0.2) is 53.1 Å². The Morgan fingerprint density at radius 2 is 2.14 bits per heavy atom. The predicted molar refractivity (Wildman–Crippen MR) is 103 cm³/mol. The smallest absolute Gasteiger partial charge is 0.387 e. The molecule has 0 spiro atoms. The van der Waals surface area contributed by atoms with Crippen molar-refractivity contribution in [1.82, 2.24) is 25.1 Å².